The van der Waals surface area contributed by atoms with Crippen molar-refractivity contribution >= 4 is 0 Å². The number of ether oxygens (including phenoxy) is 1. The van der Waals surface area contributed by atoms with Gasteiger partial charge >= 0.3 is 0 Å². The van der Waals surface area contributed by atoms with Crippen LogP contribution in [0.2, 0.25) is 0 Å². The van der Waals surface area contributed by atoms with Crippen LogP contribution in [0.1, 0.15) is 33.1 Å². The predicted molar refractivity (Wildman–Crippen MR) is 53.8 cm³/mol. The Hall–Kier alpha value is -0.340. The third-order valence-electron chi connectivity index (χ3n) is 2.90. The number of rotatable bonds is 1. The first-order valence-electron chi connectivity index (χ1n) is 5.24. The zero-order valence-corrected chi connectivity index (χ0v) is 8.60. The van der Waals surface area contributed by atoms with E-state index in [9.17, 15) is 0 Å². The number of hydrogen-bond donors (Lipinski definition) is 1. The molecule has 0 radical (unpaired) electrons. The second kappa shape index (κ2) is 3.43. The summed E-state index contributed by atoms with van der Waals surface area (Å²) in [6.45, 7) is 6.57. The smallest absolute Gasteiger partial charge is 0.0767 e. The van der Waals surface area contributed by atoms with Crippen LogP contribution in [0.3, 0.4) is 0 Å². The molecule has 2 aliphatic rings. The van der Waals surface area contributed by atoms with E-state index in [-0.39, 0.29) is 5.60 Å². The second-order valence-electron chi connectivity index (χ2n) is 4.71. The summed E-state index contributed by atoms with van der Waals surface area (Å²) in [7, 11) is 0. The molecule has 13 heavy (non-hydrogen) atoms. The molecule has 0 aliphatic carbocycles. The van der Waals surface area contributed by atoms with Gasteiger partial charge in [0.1, 0.15) is 0 Å². The molecule has 2 heterocycles. The highest BCUT2D eigenvalue weighted by molar-refractivity contribution is 5.12. The Bertz CT molecular complexity index is 212. The summed E-state index contributed by atoms with van der Waals surface area (Å²) in [5, 5.41) is 3.34. The van der Waals surface area contributed by atoms with Crippen LogP contribution in [0, 0.1) is 0 Å². The molecule has 2 fully saturated rings. The van der Waals surface area contributed by atoms with E-state index in [1.54, 1.807) is 0 Å². The zero-order chi connectivity index (χ0) is 9.31. The van der Waals surface area contributed by atoms with Crippen LogP contribution < -0.4 is 5.32 Å². The van der Waals surface area contributed by atoms with Crippen LogP contribution in [0.5, 0.6) is 0 Å². The molecule has 74 valence electrons. The summed E-state index contributed by atoms with van der Waals surface area (Å²) >= 11 is 0. The lowest BCUT2D eigenvalue weighted by molar-refractivity contribution is 0.00489. The third kappa shape index (κ3) is 2.32. The van der Waals surface area contributed by atoms with Crippen LogP contribution in [-0.2, 0) is 4.74 Å². The number of nitrogens with one attached hydrogen (secondary N) is 1. The second-order valence-corrected chi connectivity index (χ2v) is 4.71. The van der Waals surface area contributed by atoms with Crippen molar-refractivity contribution < 1.29 is 4.74 Å². The van der Waals surface area contributed by atoms with Crippen molar-refractivity contribution in [2.45, 2.75) is 44.8 Å². The summed E-state index contributed by atoms with van der Waals surface area (Å²) in [6.07, 6.45) is 6.30. The van der Waals surface area contributed by atoms with E-state index in [0.717, 1.165) is 13.1 Å². The first kappa shape index (κ1) is 9.22. The van der Waals surface area contributed by atoms with Gasteiger partial charge in [-0.3, -0.25) is 0 Å². The maximum Gasteiger partial charge on any atom is 0.0767 e. The molecule has 2 saturated heterocycles. The van der Waals surface area contributed by atoms with Gasteiger partial charge in [-0.05, 0) is 39.7 Å². The summed E-state index contributed by atoms with van der Waals surface area (Å²) in [5.41, 5.74) is 1.64. The van der Waals surface area contributed by atoms with Gasteiger partial charge in [-0.1, -0.05) is 11.6 Å². The molecule has 1 N–H and O–H groups in total. The van der Waals surface area contributed by atoms with Crippen LogP contribution in [0.25, 0.3) is 0 Å². The van der Waals surface area contributed by atoms with Gasteiger partial charge in [0, 0.05) is 6.54 Å². The Morgan fingerprint density at radius 2 is 2.38 bits per heavy atom. The van der Waals surface area contributed by atoms with E-state index in [1.807, 2.05) is 0 Å². The maximum absolute atomic E-state index is 5.91. The van der Waals surface area contributed by atoms with Crippen LogP contribution >= 0.6 is 0 Å². The maximum atomic E-state index is 5.91. The molecule has 1 unspecified atom stereocenters. The summed E-state index contributed by atoms with van der Waals surface area (Å²) in [4.78, 5) is 0. The topological polar surface area (TPSA) is 21.3 Å². The highest BCUT2D eigenvalue weighted by Crippen LogP contribution is 2.30. The molecule has 0 aromatic rings. The molecule has 2 aliphatic heterocycles. The van der Waals surface area contributed by atoms with Gasteiger partial charge in [-0.15, -0.1) is 0 Å². The first-order chi connectivity index (χ1) is 6.16. The molecule has 0 spiro atoms. The fraction of sp³-hybridized carbons (Fsp3) is 0.818. The van der Waals surface area contributed by atoms with Gasteiger partial charge in [-0.2, -0.15) is 0 Å². The fourth-order valence-electron chi connectivity index (χ4n) is 2.13. The van der Waals surface area contributed by atoms with Crippen molar-refractivity contribution in [2.24, 2.45) is 0 Å². The van der Waals surface area contributed by atoms with Gasteiger partial charge < -0.3 is 10.1 Å². The minimum atomic E-state index is 0.105. The van der Waals surface area contributed by atoms with Crippen molar-refractivity contribution in [1.82, 2.24) is 5.32 Å². The molecule has 0 saturated carbocycles. The minimum absolute atomic E-state index is 0.105. The quantitative estimate of drug-likeness (QED) is 0.623. The van der Waals surface area contributed by atoms with Gasteiger partial charge in [0.05, 0.1) is 11.7 Å². The Balaban J connectivity index is 1.93. The van der Waals surface area contributed by atoms with Crippen molar-refractivity contribution in [2.75, 3.05) is 13.1 Å². The Morgan fingerprint density at radius 1 is 1.54 bits per heavy atom. The van der Waals surface area contributed by atoms with Crippen molar-refractivity contribution in [1.29, 1.82) is 0 Å². The monoisotopic (exact) mass is 181 g/mol. The van der Waals surface area contributed by atoms with E-state index >= 15 is 0 Å². The normalized spacial score (nSPS) is 35.8. The van der Waals surface area contributed by atoms with Gasteiger partial charge in [-0.25, -0.2) is 0 Å². The highest BCUT2D eigenvalue weighted by Gasteiger charge is 2.30. The van der Waals surface area contributed by atoms with E-state index in [4.69, 9.17) is 4.74 Å². The predicted octanol–water partition coefficient (Wildman–Crippen LogP) is 1.86. The third-order valence-corrected chi connectivity index (χ3v) is 2.90. The largest absolute Gasteiger partial charge is 0.368 e. The zero-order valence-electron chi connectivity index (χ0n) is 8.60. The van der Waals surface area contributed by atoms with E-state index in [2.05, 4.69) is 25.2 Å². The molecule has 1 atom stereocenters. The van der Waals surface area contributed by atoms with Crippen molar-refractivity contribution in [3.63, 3.8) is 0 Å². The van der Waals surface area contributed by atoms with Crippen molar-refractivity contribution in [3.8, 4) is 0 Å². The summed E-state index contributed by atoms with van der Waals surface area (Å²) in [5.74, 6) is 0. The average Bonchev–Trinajstić information content (AvgIpc) is 2.61. The fourth-order valence-corrected chi connectivity index (χ4v) is 2.13. The lowest BCUT2D eigenvalue weighted by atomic mass is 10.0. The highest BCUT2D eigenvalue weighted by atomic mass is 16.5. The van der Waals surface area contributed by atoms with Gasteiger partial charge in [0.2, 0.25) is 0 Å². The molecule has 0 bridgehead atoms. The Labute approximate surface area is 80.4 Å². The van der Waals surface area contributed by atoms with Gasteiger partial charge in [0.25, 0.3) is 0 Å². The number of hydrogen-bond acceptors (Lipinski definition) is 2. The van der Waals surface area contributed by atoms with Gasteiger partial charge in [0.15, 0.2) is 0 Å². The molecular weight excluding hydrogens is 162 g/mol. The molecule has 2 nitrogen and oxygen atoms in total. The molecule has 2 heteroatoms. The molecule has 0 aromatic carbocycles. The SMILES string of the molecule is CC1(C)CCC(/C=C2/CCNC2)O1. The van der Waals surface area contributed by atoms with E-state index < -0.39 is 0 Å². The van der Waals surface area contributed by atoms with E-state index in [0.29, 0.717) is 6.10 Å². The molecular formula is C11H19NO. The lowest BCUT2D eigenvalue weighted by Gasteiger charge is -2.17. The molecule has 2 rings (SSSR count). The van der Waals surface area contributed by atoms with Crippen LogP contribution in [0.4, 0.5) is 0 Å². The Morgan fingerprint density at radius 3 is 2.92 bits per heavy atom. The Kier molecular flexibility index (Phi) is 2.43. The summed E-state index contributed by atoms with van der Waals surface area (Å²) in [6, 6.07) is 0. The van der Waals surface area contributed by atoms with Crippen molar-refractivity contribution in [3.05, 3.63) is 11.6 Å². The summed E-state index contributed by atoms with van der Waals surface area (Å²) < 4.78 is 5.91. The lowest BCUT2D eigenvalue weighted by Crippen LogP contribution is -2.19. The van der Waals surface area contributed by atoms with E-state index in [1.165, 1.54) is 24.8 Å². The van der Waals surface area contributed by atoms with Crippen LogP contribution in [-0.4, -0.2) is 24.8 Å². The van der Waals surface area contributed by atoms with Crippen LogP contribution in [0.15, 0.2) is 11.6 Å². The average molecular weight is 181 g/mol. The molecule has 0 aromatic heterocycles. The first-order valence-corrected chi connectivity index (χ1v) is 5.24. The minimum Gasteiger partial charge on any atom is -0.368 e. The standard InChI is InChI=1S/C11H19NO/c1-11(2)5-3-10(13-11)7-9-4-6-12-8-9/h7,10,12H,3-6,8H2,1-2H3/b9-7-. The molecule has 0 amide bonds.